The van der Waals surface area contributed by atoms with E-state index >= 15 is 0 Å². The number of non-ortho nitro benzene ring substituents is 1. The third-order valence-electron chi connectivity index (χ3n) is 4.01. The monoisotopic (exact) mass is 348 g/mol. The maximum Gasteiger partial charge on any atom is 0.269 e. The number of rotatable bonds is 4. The first-order valence-corrected chi connectivity index (χ1v) is 9.16. The van der Waals surface area contributed by atoms with Crippen LogP contribution in [0.1, 0.15) is 23.4 Å². The van der Waals surface area contributed by atoms with E-state index in [-0.39, 0.29) is 17.6 Å². The Labute approximate surface area is 142 Å². The van der Waals surface area contributed by atoms with Crippen molar-refractivity contribution < 1.29 is 9.72 Å². The average molecular weight is 348 g/mol. The van der Waals surface area contributed by atoms with Gasteiger partial charge in [-0.05, 0) is 42.5 Å². The zero-order chi connectivity index (χ0) is 16.4. The van der Waals surface area contributed by atoms with Crippen LogP contribution in [0.5, 0.6) is 0 Å². The summed E-state index contributed by atoms with van der Waals surface area (Å²) in [4.78, 5) is 26.9. The number of amides is 1. The molecule has 1 aromatic heterocycles. The van der Waals surface area contributed by atoms with Crippen molar-refractivity contribution in [1.29, 1.82) is 0 Å². The number of hydrogen-bond acceptors (Lipinski definition) is 5. The Morgan fingerprint density at radius 2 is 2.13 bits per heavy atom. The quantitative estimate of drug-likeness (QED) is 0.478. The van der Waals surface area contributed by atoms with Gasteiger partial charge in [0.1, 0.15) is 0 Å². The van der Waals surface area contributed by atoms with Gasteiger partial charge in [0.2, 0.25) is 5.91 Å². The molecule has 0 aliphatic carbocycles. The van der Waals surface area contributed by atoms with E-state index in [0.717, 1.165) is 17.9 Å². The van der Waals surface area contributed by atoms with E-state index in [1.54, 1.807) is 23.5 Å². The van der Waals surface area contributed by atoms with Crippen molar-refractivity contribution in [3.63, 3.8) is 0 Å². The van der Waals surface area contributed by atoms with Crippen molar-refractivity contribution in [1.82, 2.24) is 4.90 Å². The molecule has 0 spiro atoms. The second-order valence-electron chi connectivity index (χ2n) is 5.35. The van der Waals surface area contributed by atoms with Gasteiger partial charge in [-0.2, -0.15) is 0 Å². The Hall–Kier alpha value is -1.86. The number of thioether (sulfide) groups is 1. The normalized spacial score (nSPS) is 16.9. The first kappa shape index (κ1) is 16.0. The van der Waals surface area contributed by atoms with E-state index in [0.29, 0.717) is 5.75 Å². The highest BCUT2D eigenvalue weighted by molar-refractivity contribution is 8.00. The second kappa shape index (κ2) is 6.72. The summed E-state index contributed by atoms with van der Waals surface area (Å²) < 4.78 is 0. The van der Waals surface area contributed by atoms with Crippen molar-refractivity contribution in [2.45, 2.75) is 24.3 Å². The molecule has 1 aromatic carbocycles. The Balaban J connectivity index is 1.60. The van der Waals surface area contributed by atoms with E-state index in [9.17, 15) is 14.9 Å². The van der Waals surface area contributed by atoms with Crippen LogP contribution in [0.3, 0.4) is 0 Å². The number of nitrogens with zero attached hydrogens (tertiary/aromatic N) is 2. The zero-order valence-corrected chi connectivity index (χ0v) is 14.2. The number of hydrogen-bond donors (Lipinski definition) is 0. The molecule has 1 atom stereocenters. The van der Waals surface area contributed by atoms with Crippen molar-refractivity contribution in [3.05, 3.63) is 56.3 Å². The van der Waals surface area contributed by atoms with Crippen LogP contribution in [0.4, 0.5) is 5.69 Å². The number of nitro benzene ring substituents is 1. The molecule has 2 aromatic rings. The fraction of sp³-hybridized carbons (Fsp3) is 0.312. The first-order chi connectivity index (χ1) is 11.1. The molecule has 3 rings (SSSR count). The van der Waals surface area contributed by atoms with Crippen LogP contribution in [0, 0.1) is 10.1 Å². The van der Waals surface area contributed by atoms with E-state index in [2.05, 4.69) is 18.4 Å². The second-order valence-corrected chi connectivity index (χ2v) is 7.40. The SMILES string of the molecule is C[C@H]1c2ccsc2CCN1C(=O)CSc1ccc([N+](=O)[O-])cc1. The summed E-state index contributed by atoms with van der Waals surface area (Å²) in [7, 11) is 0. The molecular formula is C16H16N2O3S2. The van der Waals surface area contributed by atoms with Crippen LogP contribution < -0.4 is 0 Å². The van der Waals surface area contributed by atoms with Gasteiger partial charge in [0.15, 0.2) is 0 Å². The molecule has 0 bridgehead atoms. The Morgan fingerprint density at radius 1 is 1.39 bits per heavy atom. The molecule has 0 fully saturated rings. The van der Waals surface area contributed by atoms with E-state index < -0.39 is 4.92 Å². The third kappa shape index (κ3) is 3.40. The maximum atomic E-state index is 12.5. The third-order valence-corrected chi connectivity index (χ3v) is 6.00. The van der Waals surface area contributed by atoms with Crippen LogP contribution in [0.25, 0.3) is 0 Å². The van der Waals surface area contributed by atoms with Gasteiger partial charge in [-0.15, -0.1) is 23.1 Å². The highest BCUT2D eigenvalue weighted by Crippen LogP contribution is 2.33. The molecule has 0 radical (unpaired) electrons. The minimum Gasteiger partial charge on any atom is -0.335 e. The summed E-state index contributed by atoms with van der Waals surface area (Å²) in [6, 6.07) is 8.53. The highest BCUT2D eigenvalue weighted by Gasteiger charge is 2.28. The minimum atomic E-state index is -0.423. The standard InChI is InChI=1S/C16H16N2O3S2/c1-11-14-7-9-22-15(14)6-8-17(11)16(19)10-23-13-4-2-12(3-5-13)18(20)21/h2-5,7,9,11H,6,8,10H2,1H3/t11-/m0/s1. The zero-order valence-electron chi connectivity index (χ0n) is 12.6. The van der Waals surface area contributed by atoms with E-state index in [4.69, 9.17) is 0 Å². The highest BCUT2D eigenvalue weighted by atomic mass is 32.2. The number of carbonyl (C=O) groups is 1. The lowest BCUT2D eigenvalue weighted by atomic mass is 10.0. The van der Waals surface area contributed by atoms with Gasteiger partial charge in [-0.1, -0.05) is 0 Å². The summed E-state index contributed by atoms with van der Waals surface area (Å²) in [5.41, 5.74) is 1.32. The lowest BCUT2D eigenvalue weighted by Gasteiger charge is -2.33. The molecule has 2 heterocycles. The number of nitro groups is 1. The van der Waals surface area contributed by atoms with Crippen LogP contribution in [-0.4, -0.2) is 28.0 Å². The lowest BCUT2D eigenvalue weighted by molar-refractivity contribution is -0.384. The predicted octanol–water partition coefficient (Wildman–Crippen LogP) is 3.89. The fourth-order valence-electron chi connectivity index (χ4n) is 2.74. The molecule has 0 N–H and O–H groups in total. The number of benzene rings is 1. The van der Waals surface area contributed by atoms with Gasteiger partial charge in [-0.3, -0.25) is 14.9 Å². The summed E-state index contributed by atoms with van der Waals surface area (Å²) >= 11 is 3.18. The minimum absolute atomic E-state index is 0.0651. The molecule has 1 aliphatic heterocycles. The summed E-state index contributed by atoms with van der Waals surface area (Å²) in [5, 5.41) is 12.7. The van der Waals surface area contributed by atoms with Crippen molar-refractivity contribution in [2.24, 2.45) is 0 Å². The number of fused-ring (bicyclic) bond motifs is 1. The predicted molar refractivity (Wildman–Crippen MR) is 92.0 cm³/mol. The van der Waals surface area contributed by atoms with Crippen LogP contribution in [0.15, 0.2) is 40.6 Å². The maximum absolute atomic E-state index is 12.5. The molecule has 7 heteroatoms. The topological polar surface area (TPSA) is 63.5 Å². The van der Waals surface area contributed by atoms with Crippen LogP contribution in [-0.2, 0) is 11.2 Å². The van der Waals surface area contributed by atoms with Crippen LogP contribution in [0.2, 0.25) is 0 Å². The van der Waals surface area contributed by atoms with E-state index in [1.165, 1.54) is 34.3 Å². The molecule has 0 saturated carbocycles. The van der Waals surface area contributed by atoms with Crippen molar-refractivity contribution in [2.75, 3.05) is 12.3 Å². The molecular weight excluding hydrogens is 332 g/mol. The molecule has 1 amide bonds. The largest absolute Gasteiger partial charge is 0.335 e. The first-order valence-electron chi connectivity index (χ1n) is 7.29. The fourth-order valence-corrected chi connectivity index (χ4v) is 4.49. The Morgan fingerprint density at radius 3 is 2.83 bits per heavy atom. The van der Waals surface area contributed by atoms with Crippen molar-refractivity contribution >= 4 is 34.7 Å². The van der Waals surface area contributed by atoms with Gasteiger partial charge in [0, 0.05) is 28.5 Å². The molecule has 1 aliphatic rings. The van der Waals surface area contributed by atoms with Gasteiger partial charge in [-0.25, -0.2) is 0 Å². The van der Waals surface area contributed by atoms with Gasteiger partial charge in [0.05, 0.1) is 16.7 Å². The molecule has 5 nitrogen and oxygen atoms in total. The molecule has 0 saturated heterocycles. The molecule has 120 valence electrons. The van der Waals surface area contributed by atoms with Gasteiger partial charge < -0.3 is 4.90 Å². The van der Waals surface area contributed by atoms with Crippen molar-refractivity contribution in [3.8, 4) is 0 Å². The van der Waals surface area contributed by atoms with Gasteiger partial charge in [0.25, 0.3) is 5.69 Å². The molecule has 23 heavy (non-hydrogen) atoms. The summed E-state index contributed by atoms with van der Waals surface area (Å²) in [6.07, 6.45) is 0.922. The van der Waals surface area contributed by atoms with E-state index in [1.807, 2.05) is 4.90 Å². The smallest absolute Gasteiger partial charge is 0.269 e. The number of carbonyl (C=O) groups excluding carboxylic acids is 1. The van der Waals surface area contributed by atoms with Gasteiger partial charge >= 0.3 is 0 Å². The Kier molecular flexibility index (Phi) is 4.68. The van der Waals surface area contributed by atoms with Crippen LogP contribution >= 0.6 is 23.1 Å². The summed E-state index contributed by atoms with van der Waals surface area (Å²) in [5.74, 6) is 0.458. The molecule has 0 unspecified atom stereocenters. The average Bonchev–Trinajstić information content (AvgIpc) is 3.03. The summed E-state index contributed by atoms with van der Waals surface area (Å²) in [6.45, 7) is 2.83. The lowest BCUT2D eigenvalue weighted by Crippen LogP contribution is -2.39. The Bertz CT molecular complexity index is 727. The number of thiophene rings is 1.